The van der Waals surface area contributed by atoms with Crippen molar-refractivity contribution < 1.29 is 19.4 Å². The summed E-state index contributed by atoms with van der Waals surface area (Å²) < 4.78 is 5.55. The number of ether oxygens (including phenoxy) is 1. The van der Waals surface area contributed by atoms with Crippen molar-refractivity contribution in [3.63, 3.8) is 0 Å². The summed E-state index contributed by atoms with van der Waals surface area (Å²) >= 11 is 0. The van der Waals surface area contributed by atoms with Crippen molar-refractivity contribution in [3.8, 4) is 0 Å². The van der Waals surface area contributed by atoms with Crippen LogP contribution in [-0.4, -0.2) is 60.8 Å². The van der Waals surface area contributed by atoms with Crippen LogP contribution in [0.1, 0.15) is 39.0 Å². The maximum absolute atomic E-state index is 11.8. The third-order valence-corrected chi connectivity index (χ3v) is 3.35. The molecule has 0 radical (unpaired) electrons. The van der Waals surface area contributed by atoms with Crippen LogP contribution in [0, 0.1) is 0 Å². The molecule has 6 heteroatoms. The van der Waals surface area contributed by atoms with E-state index in [1.165, 1.54) is 0 Å². The van der Waals surface area contributed by atoms with Gasteiger partial charge in [-0.3, -0.25) is 14.5 Å². The number of hydrogen-bond acceptors (Lipinski definition) is 4. The second-order valence-corrected chi connectivity index (χ2v) is 5.22. The maximum atomic E-state index is 11.8. The zero-order chi connectivity index (χ0) is 14.8. The Hall–Kier alpha value is -1.14. The first-order valence-electron chi connectivity index (χ1n) is 7.44. The molecule has 0 saturated carbocycles. The maximum Gasteiger partial charge on any atom is 0.304 e. The van der Waals surface area contributed by atoms with Gasteiger partial charge >= 0.3 is 5.97 Å². The van der Waals surface area contributed by atoms with Crippen LogP contribution in [0.3, 0.4) is 0 Å². The molecule has 20 heavy (non-hydrogen) atoms. The second-order valence-electron chi connectivity index (χ2n) is 5.22. The Balaban J connectivity index is 2.35. The lowest BCUT2D eigenvalue weighted by atomic mass is 10.2. The first-order chi connectivity index (χ1) is 9.61. The number of carbonyl (C=O) groups is 2. The molecule has 1 rings (SSSR count). The quantitative estimate of drug-likeness (QED) is 0.582. The van der Waals surface area contributed by atoms with Crippen LogP contribution in [0.15, 0.2) is 0 Å². The van der Waals surface area contributed by atoms with E-state index < -0.39 is 5.97 Å². The van der Waals surface area contributed by atoms with E-state index in [0.29, 0.717) is 19.6 Å². The molecule has 0 bridgehead atoms. The van der Waals surface area contributed by atoms with Crippen molar-refractivity contribution >= 4 is 11.9 Å². The third-order valence-electron chi connectivity index (χ3n) is 3.35. The normalized spacial score (nSPS) is 18.4. The van der Waals surface area contributed by atoms with Crippen molar-refractivity contribution in [2.75, 3.05) is 32.8 Å². The number of rotatable bonds is 10. The number of nitrogens with one attached hydrogen (secondary N) is 1. The molecule has 1 fully saturated rings. The molecule has 116 valence electrons. The summed E-state index contributed by atoms with van der Waals surface area (Å²) in [5.74, 6) is -0.879. The molecule has 2 N–H and O–H groups in total. The van der Waals surface area contributed by atoms with E-state index in [0.717, 1.165) is 32.3 Å². The van der Waals surface area contributed by atoms with Gasteiger partial charge in [0.25, 0.3) is 0 Å². The van der Waals surface area contributed by atoms with Gasteiger partial charge in [0, 0.05) is 26.2 Å². The second kappa shape index (κ2) is 9.72. The minimum Gasteiger partial charge on any atom is -0.481 e. The molecule has 0 aliphatic carbocycles. The molecule has 6 nitrogen and oxygen atoms in total. The Morgan fingerprint density at radius 2 is 2.25 bits per heavy atom. The Bertz CT molecular complexity index is 304. The van der Waals surface area contributed by atoms with Gasteiger partial charge in [0.1, 0.15) is 0 Å². The molecule has 1 aliphatic heterocycles. The summed E-state index contributed by atoms with van der Waals surface area (Å²) in [6, 6.07) is 0. The fraction of sp³-hybridized carbons (Fsp3) is 0.857. The van der Waals surface area contributed by atoms with Gasteiger partial charge in [0.2, 0.25) is 5.91 Å². The van der Waals surface area contributed by atoms with E-state index in [4.69, 9.17) is 9.84 Å². The molecular formula is C14H26N2O4. The highest BCUT2D eigenvalue weighted by molar-refractivity contribution is 5.78. The van der Waals surface area contributed by atoms with Gasteiger partial charge in [-0.05, 0) is 19.3 Å². The highest BCUT2D eigenvalue weighted by Gasteiger charge is 2.21. The minimum atomic E-state index is -0.839. The summed E-state index contributed by atoms with van der Waals surface area (Å²) in [6.07, 6.45) is 4.22. The highest BCUT2D eigenvalue weighted by atomic mass is 16.5. The lowest BCUT2D eigenvalue weighted by Crippen LogP contribution is -2.42. The molecule has 1 heterocycles. The van der Waals surface area contributed by atoms with E-state index in [2.05, 4.69) is 12.2 Å². The monoisotopic (exact) mass is 286 g/mol. The standard InChI is InChI=1S/C14H26N2O4/c1-2-3-7-15-13(17)11-16(8-6-14(18)19)10-12-5-4-9-20-12/h12H,2-11H2,1H3,(H,15,17)(H,18,19). The number of carbonyl (C=O) groups excluding carboxylic acids is 1. The van der Waals surface area contributed by atoms with Crippen LogP contribution < -0.4 is 5.32 Å². The topological polar surface area (TPSA) is 78.9 Å². The molecule has 1 amide bonds. The summed E-state index contributed by atoms with van der Waals surface area (Å²) in [5, 5.41) is 11.6. The largest absolute Gasteiger partial charge is 0.481 e. The molecule has 1 atom stereocenters. The summed E-state index contributed by atoms with van der Waals surface area (Å²) in [6.45, 7) is 4.78. The van der Waals surface area contributed by atoms with Crippen molar-refractivity contribution in [1.82, 2.24) is 10.2 Å². The van der Waals surface area contributed by atoms with Crippen molar-refractivity contribution in [2.24, 2.45) is 0 Å². The van der Waals surface area contributed by atoms with Gasteiger partial charge in [0.05, 0.1) is 19.1 Å². The third kappa shape index (κ3) is 7.45. The predicted octanol–water partition coefficient (Wildman–Crippen LogP) is 0.858. The van der Waals surface area contributed by atoms with Gasteiger partial charge in [0.15, 0.2) is 0 Å². The Morgan fingerprint density at radius 3 is 2.85 bits per heavy atom. The molecule has 1 unspecified atom stereocenters. The smallest absolute Gasteiger partial charge is 0.304 e. The van der Waals surface area contributed by atoms with Crippen LogP contribution in [0.25, 0.3) is 0 Å². The number of aliphatic carboxylic acids is 1. The van der Waals surface area contributed by atoms with Gasteiger partial charge in [-0.15, -0.1) is 0 Å². The lowest BCUT2D eigenvalue weighted by Gasteiger charge is -2.24. The average Bonchev–Trinajstić information content (AvgIpc) is 2.89. The fourth-order valence-electron chi connectivity index (χ4n) is 2.23. The van der Waals surface area contributed by atoms with E-state index >= 15 is 0 Å². The van der Waals surface area contributed by atoms with Gasteiger partial charge < -0.3 is 15.2 Å². The SMILES string of the molecule is CCCCNC(=O)CN(CCC(=O)O)CC1CCCO1. The Kier molecular flexibility index (Phi) is 8.22. The van der Waals surface area contributed by atoms with Crippen molar-refractivity contribution in [2.45, 2.75) is 45.1 Å². The number of nitrogens with zero attached hydrogens (tertiary/aromatic N) is 1. The van der Waals surface area contributed by atoms with Crippen LogP contribution >= 0.6 is 0 Å². The predicted molar refractivity (Wildman–Crippen MR) is 75.6 cm³/mol. The van der Waals surface area contributed by atoms with Gasteiger partial charge in [-0.1, -0.05) is 13.3 Å². The minimum absolute atomic E-state index is 0.0400. The highest BCUT2D eigenvalue weighted by Crippen LogP contribution is 2.13. The molecule has 1 aliphatic rings. The molecule has 0 aromatic rings. The van der Waals surface area contributed by atoms with E-state index in [9.17, 15) is 9.59 Å². The lowest BCUT2D eigenvalue weighted by molar-refractivity contribution is -0.138. The Labute approximate surface area is 120 Å². The summed E-state index contributed by atoms with van der Waals surface area (Å²) in [7, 11) is 0. The van der Waals surface area contributed by atoms with Gasteiger partial charge in [-0.2, -0.15) is 0 Å². The van der Waals surface area contributed by atoms with Gasteiger partial charge in [-0.25, -0.2) is 0 Å². The van der Waals surface area contributed by atoms with Crippen LogP contribution in [0.5, 0.6) is 0 Å². The molecular weight excluding hydrogens is 260 g/mol. The first kappa shape index (κ1) is 16.9. The number of amides is 1. The molecule has 1 saturated heterocycles. The van der Waals surface area contributed by atoms with Crippen LogP contribution in [0.2, 0.25) is 0 Å². The van der Waals surface area contributed by atoms with E-state index in [1.807, 2.05) is 4.90 Å². The average molecular weight is 286 g/mol. The zero-order valence-electron chi connectivity index (χ0n) is 12.3. The zero-order valence-corrected chi connectivity index (χ0v) is 12.3. The van der Waals surface area contributed by atoms with Crippen LogP contribution in [-0.2, 0) is 14.3 Å². The van der Waals surface area contributed by atoms with Crippen molar-refractivity contribution in [3.05, 3.63) is 0 Å². The van der Waals surface area contributed by atoms with Crippen LogP contribution in [0.4, 0.5) is 0 Å². The number of hydrogen-bond donors (Lipinski definition) is 2. The molecule has 0 aromatic carbocycles. The first-order valence-corrected chi connectivity index (χ1v) is 7.44. The van der Waals surface area contributed by atoms with E-state index in [1.54, 1.807) is 0 Å². The van der Waals surface area contributed by atoms with E-state index in [-0.39, 0.29) is 25.0 Å². The number of carboxylic acids is 1. The number of unbranched alkanes of at least 4 members (excludes halogenated alkanes) is 1. The fourth-order valence-corrected chi connectivity index (χ4v) is 2.23. The molecule has 0 spiro atoms. The number of carboxylic acid groups (broad SMARTS) is 1. The summed E-state index contributed by atoms with van der Waals surface area (Å²) in [5.41, 5.74) is 0. The summed E-state index contributed by atoms with van der Waals surface area (Å²) in [4.78, 5) is 24.4. The Morgan fingerprint density at radius 1 is 1.45 bits per heavy atom. The molecule has 0 aromatic heterocycles. The van der Waals surface area contributed by atoms with Crippen molar-refractivity contribution in [1.29, 1.82) is 0 Å².